The molecule has 1 aromatic carbocycles. The monoisotopic (exact) mass is 394 g/mol. The highest BCUT2D eigenvalue weighted by Crippen LogP contribution is 2.26. The summed E-state index contributed by atoms with van der Waals surface area (Å²) in [6.07, 6.45) is 0.640. The van der Waals surface area contributed by atoms with Crippen molar-refractivity contribution in [1.82, 2.24) is 30.1 Å². The fourth-order valence-electron chi connectivity index (χ4n) is 3.52. The Bertz CT molecular complexity index is 1010. The fourth-order valence-corrected chi connectivity index (χ4v) is 3.52. The van der Waals surface area contributed by atoms with Crippen LogP contribution in [0.15, 0.2) is 40.9 Å². The van der Waals surface area contributed by atoms with Gasteiger partial charge < -0.3 is 14.3 Å². The summed E-state index contributed by atoms with van der Waals surface area (Å²) in [4.78, 5) is 34.0. The SMILES string of the molecule is Cc1nc(C2CN(C(=O)c3cc(C)on3)CCCN2C(=O)c2ccccc2)n[nH]1. The van der Waals surface area contributed by atoms with Crippen LogP contribution in [0.1, 0.15) is 50.7 Å². The van der Waals surface area contributed by atoms with Gasteiger partial charge in [-0.15, -0.1) is 0 Å². The molecule has 1 unspecified atom stereocenters. The number of aromatic amines is 1. The van der Waals surface area contributed by atoms with Crippen molar-refractivity contribution >= 4 is 11.8 Å². The zero-order chi connectivity index (χ0) is 20.4. The predicted octanol–water partition coefficient (Wildman–Crippen LogP) is 2.14. The normalized spacial score (nSPS) is 17.2. The minimum Gasteiger partial charge on any atom is -0.361 e. The second-order valence-corrected chi connectivity index (χ2v) is 7.09. The average molecular weight is 394 g/mol. The molecule has 0 bridgehead atoms. The first kappa shape index (κ1) is 18.9. The van der Waals surface area contributed by atoms with Crippen LogP contribution in [0.25, 0.3) is 0 Å². The molecule has 1 fully saturated rings. The maximum Gasteiger partial charge on any atom is 0.276 e. The van der Waals surface area contributed by atoms with E-state index >= 15 is 0 Å². The number of rotatable bonds is 3. The largest absolute Gasteiger partial charge is 0.361 e. The van der Waals surface area contributed by atoms with Crippen LogP contribution in [0.4, 0.5) is 0 Å². The van der Waals surface area contributed by atoms with E-state index in [0.717, 1.165) is 0 Å². The first-order chi connectivity index (χ1) is 14.0. The van der Waals surface area contributed by atoms with Gasteiger partial charge in [0.05, 0.1) is 0 Å². The zero-order valence-electron chi connectivity index (χ0n) is 16.3. The number of H-pyrrole nitrogens is 1. The summed E-state index contributed by atoms with van der Waals surface area (Å²) < 4.78 is 5.05. The Hall–Kier alpha value is -3.49. The molecule has 1 atom stereocenters. The summed E-state index contributed by atoms with van der Waals surface area (Å²) in [5.41, 5.74) is 0.854. The van der Waals surface area contributed by atoms with E-state index in [-0.39, 0.29) is 24.1 Å². The van der Waals surface area contributed by atoms with E-state index in [1.165, 1.54) is 0 Å². The number of nitrogens with one attached hydrogen (secondary N) is 1. The number of carbonyl (C=O) groups excluding carboxylic acids is 2. The molecule has 9 nitrogen and oxygen atoms in total. The Morgan fingerprint density at radius 3 is 2.59 bits per heavy atom. The van der Waals surface area contributed by atoms with Gasteiger partial charge in [-0.25, -0.2) is 4.98 Å². The van der Waals surface area contributed by atoms with Gasteiger partial charge in [0.1, 0.15) is 17.6 Å². The van der Waals surface area contributed by atoms with Crippen molar-refractivity contribution in [3.8, 4) is 0 Å². The predicted molar refractivity (Wildman–Crippen MR) is 103 cm³/mol. The first-order valence-electron chi connectivity index (χ1n) is 9.50. The highest BCUT2D eigenvalue weighted by atomic mass is 16.5. The van der Waals surface area contributed by atoms with E-state index in [4.69, 9.17) is 4.52 Å². The minimum absolute atomic E-state index is 0.107. The Morgan fingerprint density at radius 1 is 1.14 bits per heavy atom. The van der Waals surface area contributed by atoms with Crippen molar-refractivity contribution in [1.29, 1.82) is 0 Å². The Kier molecular flexibility index (Phi) is 5.11. The molecule has 0 radical (unpaired) electrons. The fraction of sp³-hybridized carbons (Fsp3) is 0.350. The number of carbonyl (C=O) groups is 2. The molecule has 3 aromatic rings. The van der Waals surface area contributed by atoms with Crippen LogP contribution in [0.5, 0.6) is 0 Å². The molecule has 29 heavy (non-hydrogen) atoms. The summed E-state index contributed by atoms with van der Waals surface area (Å²) in [5, 5.41) is 11.0. The van der Waals surface area contributed by atoms with Crippen molar-refractivity contribution in [2.45, 2.75) is 26.3 Å². The van der Waals surface area contributed by atoms with Gasteiger partial charge in [0.25, 0.3) is 11.8 Å². The van der Waals surface area contributed by atoms with E-state index < -0.39 is 6.04 Å². The average Bonchev–Trinajstić information content (AvgIpc) is 3.29. The van der Waals surface area contributed by atoms with Crippen molar-refractivity contribution < 1.29 is 14.1 Å². The van der Waals surface area contributed by atoms with Crippen LogP contribution in [0, 0.1) is 13.8 Å². The van der Waals surface area contributed by atoms with Crippen LogP contribution in [0.3, 0.4) is 0 Å². The minimum atomic E-state index is -0.466. The third-order valence-electron chi connectivity index (χ3n) is 4.93. The van der Waals surface area contributed by atoms with Crippen molar-refractivity contribution in [2.75, 3.05) is 19.6 Å². The van der Waals surface area contributed by atoms with Gasteiger partial charge in [0.2, 0.25) is 0 Å². The van der Waals surface area contributed by atoms with Crippen LogP contribution < -0.4 is 0 Å². The molecule has 0 saturated carbocycles. The molecular weight excluding hydrogens is 372 g/mol. The number of hydrogen-bond donors (Lipinski definition) is 1. The van der Waals surface area contributed by atoms with Gasteiger partial charge >= 0.3 is 0 Å². The summed E-state index contributed by atoms with van der Waals surface area (Å²) in [7, 11) is 0. The molecular formula is C20H22N6O3. The molecule has 150 valence electrons. The molecule has 1 aliphatic rings. The molecule has 2 aromatic heterocycles. The van der Waals surface area contributed by atoms with Crippen LogP contribution in [-0.2, 0) is 0 Å². The maximum absolute atomic E-state index is 13.2. The molecule has 0 aliphatic carbocycles. The lowest BCUT2D eigenvalue weighted by atomic mass is 10.1. The second kappa shape index (κ2) is 7.86. The molecule has 3 heterocycles. The van der Waals surface area contributed by atoms with Gasteiger partial charge in [0, 0.05) is 31.3 Å². The van der Waals surface area contributed by atoms with Gasteiger partial charge in [-0.3, -0.25) is 14.7 Å². The third-order valence-corrected chi connectivity index (χ3v) is 4.93. The van der Waals surface area contributed by atoms with E-state index in [1.807, 2.05) is 18.2 Å². The lowest BCUT2D eigenvalue weighted by molar-refractivity contribution is 0.0619. The lowest BCUT2D eigenvalue weighted by Gasteiger charge is -2.29. The van der Waals surface area contributed by atoms with Gasteiger partial charge in [-0.2, -0.15) is 5.10 Å². The van der Waals surface area contributed by atoms with Crippen molar-refractivity contribution in [3.63, 3.8) is 0 Å². The molecule has 1 aliphatic heterocycles. The number of nitrogens with zero attached hydrogens (tertiary/aromatic N) is 5. The lowest BCUT2D eigenvalue weighted by Crippen LogP contribution is -2.40. The number of amides is 2. The molecule has 9 heteroatoms. The van der Waals surface area contributed by atoms with Crippen molar-refractivity contribution in [3.05, 3.63) is 65.1 Å². The molecule has 4 rings (SSSR count). The van der Waals surface area contributed by atoms with Crippen LogP contribution in [-0.4, -0.2) is 61.6 Å². The summed E-state index contributed by atoms with van der Waals surface area (Å²) >= 11 is 0. The molecule has 1 N–H and O–H groups in total. The number of hydrogen-bond acceptors (Lipinski definition) is 6. The molecule has 1 saturated heterocycles. The first-order valence-corrected chi connectivity index (χ1v) is 9.50. The number of aryl methyl sites for hydroxylation is 2. The second-order valence-electron chi connectivity index (χ2n) is 7.09. The van der Waals surface area contributed by atoms with Crippen LogP contribution >= 0.6 is 0 Å². The summed E-state index contributed by atoms with van der Waals surface area (Å²) in [5.74, 6) is 1.38. The smallest absolute Gasteiger partial charge is 0.276 e. The highest BCUT2D eigenvalue weighted by molar-refractivity contribution is 5.95. The van der Waals surface area contributed by atoms with E-state index in [0.29, 0.717) is 42.5 Å². The number of benzene rings is 1. The number of aromatic nitrogens is 4. The van der Waals surface area contributed by atoms with Gasteiger partial charge in [-0.1, -0.05) is 23.4 Å². The summed E-state index contributed by atoms with van der Waals surface area (Å²) in [6.45, 7) is 4.82. The summed E-state index contributed by atoms with van der Waals surface area (Å²) in [6, 6.07) is 10.3. The maximum atomic E-state index is 13.2. The zero-order valence-corrected chi connectivity index (χ0v) is 16.3. The van der Waals surface area contributed by atoms with Gasteiger partial charge in [-0.05, 0) is 32.4 Å². The Balaban J connectivity index is 1.65. The molecule has 0 spiro atoms. The highest BCUT2D eigenvalue weighted by Gasteiger charge is 2.35. The molecule has 2 amide bonds. The quantitative estimate of drug-likeness (QED) is 0.729. The van der Waals surface area contributed by atoms with Gasteiger partial charge in [0.15, 0.2) is 11.5 Å². The Morgan fingerprint density at radius 2 is 1.93 bits per heavy atom. The van der Waals surface area contributed by atoms with E-state index in [1.54, 1.807) is 41.8 Å². The topological polar surface area (TPSA) is 108 Å². The van der Waals surface area contributed by atoms with Crippen molar-refractivity contribution in [2.24, 2.45) is 0 Å². The van der Waals surface area contributed by atoms with E-state index in [9.17, 15) is 9.59 Å². The van der Waals surface area contributed by atoms with Crippen LogP contribution in [0.2, 0.25) is 0 Å². The van der Waals surface area contributed by atoms with E-state index in [2.05, 4.69) is 20.3 Å². The standard InChI is InChI=1S/C20H22N6O3/c1-13-11-16(24-29-13)20(28)25-9-6-10-26(19(27)15-7-4-3-5-8-15)17(12-25)18-21-14(2)22-23-18/h3-5,7-8,11,17H,6,9-10,12H2,1-2H3,(H,21,22,23). The third kappa shape index (κ3) is 3.89. The Labute approximate surface area is 167 Å².